The van der Waals surface area contributed by atoms with Gasteiger partial charge < -0.3 is 10.6 Å². The highest BCUT2D eigenvalue weighted by atomic mass is 35.5. The molecule has 1 aromatic heterocycles. The second kappa shape index (κ2) is 5.87. The number of aromatic nitrogens is 1. The molecule has 0 fully saturated rings. The molecule has 0 saturated carbocycles. The molecule has 1 aliphatic heterocycles. The number of carbonyl (C=O) groups excluding carboxylic acids is 1. The summed E-state index contributed by atoms with van der Waals surface area (Å²) in [6.07, 6.45) is 8.18. The first-order valence-electron chi connectivity index (χ1n) is 8.38. The van der Waals surface area contributed by atoms with Gasteiger partial charge in [0, 0.05) is 48.7 Å². The molecule has 2 aliphatic rings. The summed E-state index contributed by atoms with van der Waals surface area (Å²) < 4.78 is 0. The van der Waals surface area contributed by atoms with Crippen molar-refractivity contribution < 1.29 is 4.79 Å². The van der Waals surface area contributed by atoms with Crippen molar-refractivity contribution in [3.63, 3.8) is 0 Å². The number of fused-ring (bicyclic) bond motifs is 2. The van der Waals surface area contributed by atoms with Crippen molar-refractivity contribution in [2.45, 2.75) is 38.1 Å². The lowest BCUT2D eigenvalue weighted by molar-refractivity contribution is -0.118. The molecule has 1 aliphatic carbocycles. The third-order valence-corrected chi connectivity index (χ3v) is 5.55. The minimum atomic E-state index is 0.0568. The summed E-state index contributed by atoms with van der Waals surface area (Å²) >= 11 is 6.59. The highest BCUT2D eigenvalue weighted by Crippen LogP contribution is 2.41. The Labute approximate surface area is 146 Å². The van der Waals surface area contributed by atoms with Gasteiger partial charge in [-0.2, -0.15) is 0 Å². The molecular formula is C19H20ClN3O. The molecule has 124 valence electrons. The zero-order chi connectivity index (χ0) is 16.8. The number of hydrogen-bond donors (Lipinski definition) is 1. The number of nitrogens with two attached hydrogens (primary N) is 1. The van der Waals surface area contributed by atoms with Gasteiger partial charge in [-0.05, 0) is 54.5 Å². The van der Waals surface area contributed by atoms with E-state index < -0.39 is 0 Å². The molecule has 0 spiro atoms. The lowest BCUT2D eigenvalue weighted by atomic mass is 9.84. The number of rotatable bonds is 1. The van der Waals surface area contributed by atoms with E-state index in [1.54, 1.807) is 11.9 Å². The third kappa shape index (κ3) is 2.41. The molecule has 0 saturated heterocycles. The summed E-state index contributed by atoms with van der Waals surface area (Å²) in [7, 11) is 1.81. The van der Waals surface area contributed by atoms with Crippen molar-refractivity contribution >= 4 is 23.2 Å². The summed E-state index contributed by atoms with van der Waals surface area (Å²) in [5.74, 6) is 0.135. The zero-order valence-electron chi connectivity index (χ0n) is 13.7. The molecule has 0 radical (unpaired) electrons. The lowest BCUT2D eigenvalue weighted by Gasteiger charge is -2.28. The first-order chi connectivity index (χ1) is 11.6. The SMILES string of the molecule is CN1C(=O)CCc2cc(-c3cncc4c3CCCC4N)c(Cl)cc21. The number of hydrogen-bond acceptors (Lipinski definition) is 3. The Morgan fingerprint density at radius 2 is 2.04 bits per heavy atom. The predicted octanol–water partition coefficient (Wildman–Crippen LogP) is 3.65. The fraction of sp³-hybridized carbons (Fsp3) is 0.368. The standard InChI is InChI=1S/C19H20ClN3O/c1-23-18-8-16(20)13(7-11(18)5-6-19(23)24)14-9-22-10-15-12(14)3-2-4-17(15)21/h7-10,17H,2-6,21H2,1H3. The normalized spacial score (nSPS) is 19.9. The van der Waals surface area contributed by atoms with Crippen LogP contribution in [-0.2, 0) is 17.6 Å². The maximum Gasteiger partial charge on any atom is 0.227 e. The van der Waals surface area contributed by atoms with Gasteiger partial charge in [0.05, 0.1) is 5.02 Å². The molecule has 24 heavy (non-hydrogen) atoms. The molecule has 2 heterocycles. The summed E-state index contributed by atoms with van der Waals surface area (Å²) in [6.45, 7) is 0. The van der Waals surface area contributed by atoms with E-state index in [0.717, 1.165) is 53.6 Å². The first kappa shape index (κ1) is 15.6. The van der Waals surface area contributed by atoms with Crippen LogP contribution in [0.5, 0.6) is 0 Å². The topological polar surface area (TPSA) is 59.2 Å². The number of benzene rings is 1. The van der Waals surface area contributed by atoms with Gasteiger partial charge in [-0.15, -0.1) is 0 Å². The van der Waals surface area contributed by atoms with Crippen LogP contribution in [0.15, 0.2) is 24.5 Å². The van der Waals surface area contributed by atoms with Gasteiger partial charge in [-0.3, -0.25) is 9.78 Å². The van der Waals surface area contributed by atoms with Crippen molar-refractivity contribution in [3.8, 4) is 11.1 Å². The van der Waals surface area contributed by atoms with Gasteiger partial charge >= 0.3 is 0 Å². The molecule has 2 aromatic rings. The quantitative estimate of drug-likeness (QED) is 0.861. The second-order valence-corrected chi connectivity index (χ2v) is 7.07. The average Bonchev–Trinajstić information content (AvgIpc) is 2.58. The predicted molar refractivity (Wildman–Crippen MR) is 96.3 cm³/mol. The number of pyridine rings is 1. The Hall–Kier alpha value is -1.91. The van der Waals surface area contributed by atoms with Crippen LogP contribution in [0.4, 0.5) is 5.69 Å². The molecule has 0 bridgehead atoms. The summed E-state index contributed by atoms with van der Waals surface area (Å²) in [4.78, 5) is 18.0. The van der Waals surface area contributed by atoms with Crippen molar-refractivity contribution in [3.05, 3.63) is 46.2 Å². The molecule has 1 unspecified atom stereocenters. The van der Waals surface area contributed by atoms with E-state index in [1.807, 2.05) is 18.5 Å². The Balaban J connectivity index is 1.87. The Morgan fingerprint density at radius 3 is 2.88 bits per heavy atom. The summed E-state index contributed by atoms with van der Waals surface area (Å²) in [5.41, 5.74) is 12.8. The fourth-order valence-corrected chi connectivity index (χ4v) is 4.12. The average molecular weight is 342 g/mol. The second-order valence-electron chi connectivity index (χ2n) is 6.67. The van der Waals surface area contributed by atoms with Crippen molar-refractivity contribution in [2.24, 2.45) is 5.73 Å². The van der Waals surface area contributed by atoms with Crippen LogP contribution in [0.25, 0.3) is 11.1 Å². The third-order valence-electron chi connectivity index (χ3n) is 5.23. The summed E-state index contributed by atoms with van der Waals surface area (Å²) in [6, 6.07) is 4.09. The van der Waals surface area contributed by atoms with Gasteiger partial charge in [0.25, 0.3) is 0 Å². The minimum absolute atomic E-state index is 0.0568. The van der Waals surface area contributed by atoms with Crippen LogP contribution >= 0.6 is 11.6 Å². The summed E-state index contributed by atoms with van der Waals surface area (Å²) in [5, 5.41) is 0.657. The number of carbonyl (C=O) groups is 1. The van der Waals surface area contributed by atoms with Gasteiger partial charge in [0.1, 0.15) is 0 Å². The number of nitrogens with zero attached hydrogens (tertiary/aromatic N) is 2. The van der Waals surface area contributed by atoms with Gasteiger partial charge in [0.2, 0.25) is 5.91 Å². The lowest BCUT2D eigenvalue weighted by Crippen LogP contribution is -2.31. The van der Waals surface area contributed by atoms with Gasteiger partial charge in [-0.1, -0.05) is 11.6 Å². The van der Waals surface area contributed by atoms with E-state index in [9.17, 15) is 4.79 Å². The van der Waals surface area contributed by atoms with E-state index in [0.29, 0.717) is 11.4 Å². The maximum absolute atomic E-state index is 11.9. The van der Waals surface area contributed by atoms with Crippen LogP contribution in [0.3, 0.4) is 0 Å². The number of aryl methyl sites for hydroxylation is 1. The number of halogens is 1. The Kier molecular flexibility index (Phi) is 3.82. The van der Waals surface area contributed by atoms with E-state index in [4.69, 9.17) is 17.3 Å². The van der Waals surface area contributed by atoms with Crippen molar-refractivity contribution in [1.29, 1.82) is 0 Å². The molecule has 2 N–H and O–H groups in total. The molecular weight excluding hydrogens is 322 g/mol. The first-order valence-corrected chi connectivity index (χ1v) is 8.75. The van der Waals surface area contributed by atoms with Crippen molar-refractivity contribution in [1.82, 2.24) is 4.98 Å². The molecule has 1 atom stereocenters. The highest BCUT2D eigenvalue weighted by Gasteiger charge is 2.25. The largest absolute Gasteiger partial charge is 0.324 e. The van der Waals surface area contributed by atoms with Crippen LogP contribution in [0.1, 0.15) is 42.0 Å². The van der Waals surface area contributed by atoms with Crippen LogP contribution in [0, 0.1) is 0 Å². The molecule has 5 heteroatoms. The molecule has 1 amide bonds. The van der Waals surface area contributed by atoms with E-state index in [2.05, 4.69) is 11.1 Å². The van der Waals surface area contributed by atoms with Crippen LogP contribution < -0.4 is 10.6 Å². The smallest absolute Gasteiger partial charge is 0.227 e. The highest BCUT2D eigenvalue weighted by molar-refractivity contribution is 6.34. The Bertz CT molecular complexity index is 834. The molecule has 4 nitrogen and oxygen atoms in total. The van der Waals surface area contributed by atoms with Crippen molar-refractivity contribution in [2.75, 3.05) is 11.9 Å². The maximum atomic E-state index is 11.9. The monoisotopic (exact) mass is 341 g/mol. The Morgan fingerprint density at radius 1 is 1.21 bits per heavy atom. The van der Waals surface area contributed by atoms with Gasteiger partial charge in [-0.25, -0.2) is 0 Å². The minimum Gasteiger partial charge on any atom is -0.324 e. The van der Waals surface area contributed by atoms with Crippen LogP contribution in [0.2, 0.25) is 5.02 Å². The van der Waals surface area contributed by atoms with E-state index in [-0.39, 0.29) is 11.9 Å². The van der Waals surface area contributed by atoms with E-state index in [1.165, 1.54) is 5.56 Å². The molecule has 4 rings (SSSR count). The van der Waals surface area contributed by atoms with E-state index >= 15 is 0 Å². The van der Waals surface area contributed by atoms with Gasteiger partial charge in [0.15, 0.2) is 0 Å². The zero-order valence-corrected chi connectivity index (χ0v) is 14.4. The number of anilines is 1. The fourth-order valence-electron chi connectivity index (χ4n) is 3.86. The molecule has 1 aromatic carbocycles. The van der Waals surface area contributed by atoms with Crippen LogP contribution in [-0.4, -0.2) is 17.9 Å². The number of amides is 1.